The van der Waals surface area contributed by atoms with Gasteiger partial charge in [-0.3, -0.25) is 0 Å². The zero-order valence-corrected chi connectivity index (χ0v) is 6.29. The summed E-state index contributed by atoms with van der Waals surface area (Å²) in [4.78, 5) is 0. The molecule has 0 aromatic carbocycles. The van der Waals surface area contributed by atoms with Crippen molar-refractivity contribution < 1.29 is 30.3 Å². The molecule has 4 atom stereocenters. The summed E-state index contributed by atoms with van der Waals surface area (Å²) >= 11 is 0. The summed E-state index contributed by atoms with van der Waals surface area (Å²) in [6, 6.07) is 0. The molecule has 0 saturated carbocycles. The van der Waals surface area contributed by atoms with Gasteiger partial charge in [-0.15, -0.1) is 0 Å². The van der Waals surface area contributed by atoms with Crippen molar-refractivity contribution in [3.63, 3.8) is 0 Å². The van der Waals surface area contributed by atoms with Gasteiger partial charge in [0, 0.05) is 0 Å². The molecular weight excluding hydrogens is 168 g/mol. The molecular formula is C6H12O6. The normalized spacial score (nSPS) is 49.2. The molecule has 1 rings (SSSR count). The van der Waals surface area contributed by atoms with E-state index in [1.807, 2.05) is 0 Å². The second-order valence-electron chi connectivity index (χ2n) is 2.82. The molecule has 0 spiro atoms. The maximum absolute atomic E-state index is 9.24. The van der Waals surface area contributed by atoms with E-state index < -0.39 is 30.7 Å². The second kappa shape index (κ2) is 3.25. The molecule has 1 aliphatic rings. The average molecular weight is 180 g/mol. The van der Waals surface area contributed by atoms with Gasteiger partial charge in [-0.1, -0.05) is 0 Å². The van der Waals surface area contributed by atoms with Gasteiger partial charge in [-0.05, 0) is 0 Å². The quantitative estimate of drug-likeness (QED) is 0.290. The summed E-state index contributed by atoms with van der Waals surface area (Å²) in [6.45, 7) is -1.16. The number of rotatable bonds is 1. The second-order valence-corrected chi connectivity index (χ2v) is 2.82. The fourth-order valence-electron chi connectivity index (χ4n) is 1.03. The monoisotopic (exact) mass is 180 g/mol. The van der Waals surface area contributed by atoms with Crippen LogP contribution in [0.1, 0.15) is 0 Å². The first kappa shape index (κ1) is 9.85. The Morgan fingerprint density at radius 3 is 2.42 bits per heavy atom. The Labute approximate surface area is 68.6 Å². The van der Waals surface area contributed by atoms with Crippen LogP contribution in [0.4, 0.5) is 0 Å². The maximum Gasteiger partial charge on any atom is 0.218 e. The standard InChI is InChI=1S/C6H12O6/c7-2-6(11)5(10)4(9)3(8)1-12-6/h3-5,7-11H,1-2H2/t3-,4-,5+,6+/m1/s1. The van der Waals surface area contributed by atoms with Gasteiger partial charge in [0.1, 0.15) is 18.3 Å². The van der Waals surface area contributed by atoms with Crippen molar-refractivity contribution in [2.24, 2.45) is 0 Å². The van der Waals surface area contributed by atoms with Gasteiger partial charge in [0.2, 0.25) is 5.79 Å². The van der Waals surface area contributed by atoms with Crippen molar-refractivity contribution in [3.8, 4) is 0 Å². The van der Waals surface area contributed by atoms with Gasteiger partial charge in [0.05, 0.1) is 13.2 Å². The van der Waals surface area contributed by atoms with Crippen molar-refractivity contribution in [2.75, 3.05) is 13.2 Å². The highest BCUT2D eigenvalue weighted by atomic mass is 16.7. The lowest BCUT2D eigenvalue weighted by atomic mass is 9.98. The summed E-state index contributed by atoms with van der Waals surface area (Å²) in [7, 11) is 0. The van der Waals surface area contributed by atoms with E-state index in [4.69, 9.17) is 20.4 Å². The third-order valence-electron chi connectivity index (χ3n) is 1.91. The molecule has 0 radical (unpaired) electrons. The smallest absolute Gasteiger partial charge is 0.218 e. The van der Waals surface area contributed by atoms with Crippen molar-refractivity contribution >= 4 is 0 Å². The molecule has 6 heteroatoms. The molecule has 1 fully saturated rings. The predicted molar refractivity (Wildman–Crippen MR) is 36.0 cm³/mol. The van der Waals surface area contributed by atoms with E-state index in [2.05, 4.69) is 4.74 Å². The Morgan fingerprint density at radius 2 is 1.92 bits per heavy atom. The molecule has 0 bridgehead atoms. The van der Waals surface area contributed by atoms with Crippen LogP contribution >= 0.6 is 0 Å². The van der Waals surface area contributed by atoms with E-state index in [-0.39, 0.29) is 6.61 Å². The third-order valence-corrected chi connectivity index (χ3v) is 1.91. The van der Waals surface area contributed by atoms with Crippen LogP contribution in [-0.4, -0.2) is 62.8 Å². The minimum Gasteiger partial charge on any atom is -0.391 e. The van der Waals surface area contributed by atoms with Gasteiger partial charge >= 0.3 is 0 Å². The zero-order valence-electron chi connectivity index (χ0n) is 6.29. The van der Waals surface area contributed by atoms with Gasteiger partial charge in [0.25, 0.3) is 0 Å². The molecule has 0 aliphatic carbocycles. The molecule has 0 aromatic rings. The fraction of sp³-hybridized carbons (Fsp3) is 1.00. The number of aliphatic hydroxyl groups is 5. The topological polar surface area (TPSA) is 110 Å². The first-order chi connectivity index (χ1) is 5.51. The van der Waals surface area contributed by atoms with E-state index in [0.29, 0.717) is 0 Å². The molecule has 5 N–H and O–H groups in total. The van der Waals surface area contributed by atoms with Crippen LogP contribution in [0.25, 0.3) is 0 Å². The van der Waals surface area contributed by atoms with Crippen LogP contribution in [0, 0.1) is 0 Å². The van der Waals surface area contributed by atoms with E-state index in [1.165, 1.54) is 0 Å². The van der Waals surface area contributed by atoms with Crippen LogP contribution in [0.15, 0.2) is 0 Å². The molecule has 1 saturated heterocycles. The first-order valence-electron chi connectivity index (χ1n) is 3.52. The van der Waals surface area contributed by atoms with Crippen LogP contribution in [-0.2, 0) is 4.74 Å². The van der Waals surface area contributed by atoms with Gasteiger partial charge in [-0.2, -0.15) is 0 Å². The average Bonchev–Trinajstić information content (AvgIpc) is 2.09. The predicted octanol–water partition coefficient (Wildman–Crippen LogP) is -3.22. The lowest BCUT2D eigenvalue weighted by Crippen LogP contribution is -2.62. The minimum absolute atomic E-state index is 0.324. The van der Waals surface area contributed by atoms with Crippen LogP contribution in [0.3, 0.4) is 0 Å². The Hall–Kier alpha value is -0.240. The van der Waals surface area contributed by atoms with E-state index in [1.54, 1.807) is 0 Å². The lowest BCUT2D eigenvalue weighted by Gasteiger charge is -2.40. The Bertz CT molecular complexity index is 162. The van der Waals surface area contributed by atoms with E-state index in [0.717, 1.165) is 0 Å². The fourth-order valence-corrected chi connectivity index (χ4v) is 1.03. The van der Waals surface area contributed by atoms with E-state index in [9.17, 15) is 5.11 Å². The summed E-state index contributed by atoms with van der Waals surface area (Å²) in [6.07, 6.45) is -4.45. The molecule has 0 amide bonds. The third kappa shape index (κ3) is 1.45. The number of aliphatic hydroxyl groups excluding tert-OH is 4. The first-order valence-corrected chi connectivity index (χ1v) is 3.52. The van der Waals surface area contributed by atoms with Crippen molar-refractivity contribution in [1.82, 2.24) is 0 Å². The highest BCUT2D eigenvalue weighted by Gasteiger charge is 2.47. The summed E-state index contributed by atoms with van der Waals surface area (Å²) in [5, 5.41) is 45.0. The van der Waals surface area contributed by atoms with Gasteiger partial charge in [0.15, 0.2) is 0 Å². The van der Waals surface area contributed by atoms with Crippen LogP contribution < -0.4 is 0 Å². The number of hydrogen-bond acceptors (Lipinski definition) is 6. The lowest BCUT2D eigenvalue weighted by molar-refractivity contribution is -0.331. The van der Waals surface area contributed by atoms with Gasteiger partial charge < -0.3 is 30.3 Å². The molecule has 1 aliphatic heterocycles. The number of hydrogen-bond donors (Lipinski definition) is 5. The Morgan fingerprint density at radius 1 is 1.33 bits per heavy atom. The van der Waals surface area contributed by atoms with Crippen molar-refractivity contribution in [2.45, 2.75) is 24.1 Å². The van der Waals surface area contributed by atoms with Gasteiger partial charge in [-0.25, -0.2) is 0 Å². The molecule has 6 nitrogen and oxygen atoms in total. The SMILES string of the molecule is OC[C@]1(O)OC[C@@H](O)[C@@H](O)[C@@H]1O. The maximum atomic E-state index is 9.24. The highest BCUT2D eigenvalue weighted by Crippen LogP contribution is 2.22. The molecule has 1 heterocycles. The number of ether oxygens (including phenoxy) is 1. The molecule has 12 heavy (non-hydrogen) atoms. The van der Waals surface area contributed by atoms with E-state index >= 15 is 0 Å². The summed E-state index contributed by atoms with van der Waals surface area (Å²) in [5.41, 5.74) is 0. The van der Waals surface area contributed by atoms with Crippen molar-refractivity contribution in [1.29, 1.82) is 0 Å². The molecule has 0 aromatic heterocycles. The van der Waals surface area contributed by atoms with Crippen LogP contribution in [0.5, 0.6) is 0 Å². The summed E-state index contributed by atoms with van der Waals surface area (Å²) in [5.74, 6) is -2.17. The Balaban J connectivity index is 2.71. The zero-order chi connectivity index (χ0) is 9.35. The van der Waals surface area contributed by atoms with Crippen molar-refractivity contribution in [3.05, 3.63) is 0 Å². The summed E-state index contributed by atoms with van der Waals surface area (Å²) < 4.78 is 4.56. The largest absolute Gasteiger partial charge is 0.391 e. The Kier molecular flexibility index (Phi) is 2.67. The molecule has 0 unspecified atom stereocenters. The van der Waals surface area contributed by atoms with Crippen LogP contribution in [0.2, 0.25) is 0 Å². The highest BCUT2D eigenvalue weighted by molar-refractivity contribution is 4.90. The molecule has 72 valence electrons. The minimum atomic E-state index is -2.17.